The number of halogens is 3. The molecule has 0 fully saturated rings. The van der Waals surface area contributed by atoms with Crippen LogP contribution in [0.3, 0.4) is 0 Å². The molecule has 0 spiro atoms. The molecule has 1 rings (SSSR count). The molecule has 0 unspecified atom stereocenters. The first kappa shape index (κ1) is 13.1. The second-order valence-electron chi connectivity index (χ2n) is 2.85. The Balaban J connectivity index is 2.88. The monoisotopic (exact) mass is 281 g/mol. The van der Waals surface area contributed by atoms with Crippen molar-refractivity contribution in [2.75, 3.05) is 0 Å². The predicted molar refractivity (Wildman–Crippen MR) is 62.1 cm³/mol. The van der Waals surface area contributed by atoms with Crippen molar-refractivity contribution in [3.8, 4) is 0 Å². The standard InChI is InChI=1S/C9H6Cl3NO3/c10-9(11,12)8(16)6-3-5(4-13-6)1-2-7(14)15/h1-4,13H,(H,14,15). The molecule has 0 aliphatic rings. The summed E-state index contributed by atoms with van der Waals surface area (Å²) >= 11 is 16.2. The van der Waals surface area contributed by atoms with Crippen LogP contribution >= 0.6 is 34.8 Å². The second kappa shape index (κ2) is 4.91. The van der Waals surface area contributed by atoms with E-state index in [0.717, 1.165) is 6.08 Å². The number of aliphatic carboxylic acids is 1. The Hall–Kier alpha value is -0.970. The maximum atomic E-state index is 11.5. The van der Waals surface area contributed by atoms with Crippen LogP contribution in [0.4, 0.5) is 0 Å². The highest BCUT2D eigenvalue weighted by molar-refractivity contribution is 6.77. The Morgan fingerprint density at radius 2 is 2.00 bits per heavy atom. The van der Waals surface area contributed by atoms with Crippen LogP contribution in [0.5, 0.6) is 0 Å². The number of carbonyl (C=O) groups is 2. The summed E-state index contributed by atoms with van der Waals surface area (Å²) in [4.78, 5) is 24.3. The van der Waals surface area contributed by atoms with Crippen molar-refractivity contribution in [3.63, 3.8) is 0 Å². The van der Waals surface area contributed by atoms with Crippen LogP contribution in [-0.4, -0.2) is 25.6 Å². The van der Waals surface area contributed by atoms with E-state index in [1.807, 2.05) is 0 Å². The SMILES string of the molecule is O=C(O)C=Cc1c[nH]c(C(=O)C(Cl)(Cl)Cl)c1. The highest BCUT2D eigenvalue weighted by Crippen LogP contribution is 2.30. The molecule has 0 amide bonds. The average Bonchev–Trinajstić information content (AvgIpc) is 2.60. The summed E-state index contributed by atoms with van der Waals surface area (Å²) < 4.78 is -2.03. The molecule has 0 aliphatic carbocycles. The Morgan fingerprint density at radius 1 is 1.38 bits per heavy atom. The van der Waals surface area contributed by atoms with E-state index >= 15 is 0 Å². The topological polar surface area (TPSA) is 70.2 Å². The fourth-order valence-electron chi connectivity index (χ4n) is 0.959. The van der Waals surface area contributed by atoms with Gasteiger partial charge in [-0.3, -0.25) is 4.79 Å². The van der Waals surface area contributed by atoms with Crippen LogP contribution in [0.15, 0.2) is 18.3 Å². The molecular formula is C9H6Cl3NO3. The fourth-order valence-corrected chi connectivity index (χ4v) is 1.26. The number of carboxylic acid groups (broad SMARTS) is 1. The summed E-state index contributed by atoms with van der Waals surface area (Å²) in [5, 5.41) is 8.39. The van der Waals surface area contributed by atoms with E-state index in [0.29, 0.717) is 5.56 Å². The molecule has 1 aromatic heterocycles. The number of Topliss-reactive ketones (excluding diaryl/α,β-unsaturated/α-hetero) is 1. The molecule has 16 heavy (non-hydrogen) atoms. The van der Waals surface area contributed by atoms with E-state index in [9.17, 15) is 9.59 Å². The second-order valence-corrected chi connectivity index (χ2v) is 5.13. The molecule has 0 aliphatic heterocycles. The zero-order valence-electron chi connectivity index (χ0n) is 7.71. The summed E-state index contributed by atoms with van der Waals surface area (Å²) in [5.41, 5.74) is 0.602. The van der Waals surface area contributed by atoms with Gasteiger partial charge >= 0.3 is 5.97 Å². The van der Waals surface area contributed by atoms with Crippen molar-refractivity contribution >= 4 is 52.6 Å². The van der Waals surface area contributed by atoms with Gasteiger partial charge in [0.15, 0.2) is 0 Å². The molecule has 1 heterocycles. The molecule has 2 N–H and O–H groups in total. The minimum atomic E-state index is -2.03. The number of aromatic amines is 1. The highest BCUT2D eigenvalue weighted by Gasteiger charge is 2.32. The maximum Gasteiger partial charge on any atom is 0.328 e. The van der Waals surface area contributed by atoms with Gasteiger partial charge in [0.1, 0.15) is 0 Å². The van der Waals surface area contributed by atoms with Crippen molar-refractivity contribution in [3.05, 3.63) is 29.6 Å². The van der Waals surface area contributed by atoms with Gasteiger partial charge in [-0.05, 0) is 17.7 Å². The van der Waals surface area contributed by atoms with E-state index in [2.05, 4.69) is 4.98 Å². The van der Waals surface area contributed by atoms with Crippen LogP contribution in [0.1, 0.15) is 16.1 Å². The predicted octanol–water partition coefficient (Wildman–Crippen LogP) is 2.67. The third kappa shape index (κ3) is 3.56. The van der Waals surface area contributed by atoms with Gasteiger partial charge in [-0.2, -0.15) is 0 Å². The Morgan fingerprint density at radius 3 is 2.50 bits per heavy atom. The number of aromatic nitrogens is 1. The number of rotatable bonds is 3. The van der Waals surface area contributed by atoms with Gasteiger partial charge < -0.3 is 10.1 Å². The molecule has 0 atom stereocenters. The number of H-pyrrole nitrogens is 1. The first-order chi connectivity index (χ1) is 7.30. The van der Waals surface area contributed by atoms with E-state index in [4.69, 9.17) is 39.9 Å². The average molecular weight is 283 g/mol. The number of carbonyl (C=O) groups excluding carboxylic acids is 1. The normalized spacial score (nSPS) is 11.9. The molecule has 4 nitrogen and oxygen atoms in total. The van der Waals surface area contributed by atoms with Crippen molar-refractivity contribution in [2.24, 2.45) is 0 Å². The summed E-state index contributed by atoms with van der Waals surface area (Å²) in [6, 6.07) is 1.39. The molecular weight excluding hydrogens is 276 g/mol. The van der Waals surface area contributed by atoms with Crippen molar-refractivity contribution in [1.82, 2.24) is 4.98 Å². The molecule has 0 saturated heterocycles. The lowest BCUT2D eigenvalue weighted by Gasteiger charge is -2.06. The van der Waals surface area contributed by atoms with Crippen LogP contribution < -0.4 is 0 Å². The van der Waals surface area contributed by atoms with E-state index < -0.39 is 15.5 Å². The van der Waals surface area contributed by atoms with Gasteiger partial charge in [0.05, 0.1) is 5.69 Å². The van der Waals surface area contributed by atoms with E-state index in [1.165, 1.54) is 18.3 Å². The zero-order valence-corrected chi connectivity index (χ0v) is 9.97. The minimum absolute atomic E-state index is 0.102. The van der Waals surface area contributed by atoms with Gasteiger partial charge in [0.25, 0.3) is 3.79 Å². The number of hydrogen-bond acceptors (Lipinski definition) is 2. The lowest BCUT2D eigenvalue weighted by atomic mass is 10.2. The first-order valence-corrected chi connectivity index (χ1v) is 5.15. The van der Waals surface area contributed by atoms with E-state index in [1.54, 1.807) is 0 Å². The van der Waals surface area contributed by atoms with Gasteiger partial charge in [-0.15, -0.1) is 0 Å². The summed E-state index contributed by atoms with van der Waals surface area (Å²) in [6.45, 7) is 0. The maximum absolute atomic E-state index is 11.5. The summed E-state index contributed by atoms with van der Waals surface area (Å²) in [6.07, 6.45) is 3.68. The van der Waals surface area contributed by atoms with Gasteiger partial charge in [0.2, 0.25) is 5.78 Å². The van der Waals surface area contributed by atoms with Crippen LogP contribution in [0.2, 0.25) is 0 Å². The summed E-state index contributed by atoms with van der Waals surface area (Å²) in [7, 11) is 0. The Bertz CT molecular complexity index is 445. The smallest absolute Gasteiger partial charge is 0.328 e. The van der Waals surface area contributed by atoms with Crippen molar-refractivity contribution < 1.29 is 14.7 Å². The molecule has 0 bridgehead atoms. The van der Waals surface area contributed by atoms with Crippen LogP contribution in [-0.2, 0) is 4.79 Å². The lowest BCUT2D eigenvalue weighted by molar-refractivity contribution is -0.131. The molecule has 7 heteroatoms. The van der Waals surface area contributed by atoms with Gasteiger partial charge in [-0.1, -0.05) is 34.8 Å². The van der Waals surface area contributed by atoms with Crippen LogP contribution in [0, 0.1) is 0 Å². The molecule has 86 valence electrons. The van der Waals surface area contributed by atoms with Gasteiger partial charge in [0, 0.05) is 12.3 Å². The number of carboxylic acids is 1. The molecule has 0 aromatic carbocycles. The zero-order chi connectivity index (χ0) is 12.3. The highest BCUT2D eigenvalue weighted by atomic mass is 35.6. The molecule has 0 saturated carbocycles. The third-order valence-electron chi connectivity index (χ3n) is 1.63. The van der Waals surface area contributed by atoms with Crippen molar-refractivity contribution in [1.29, 1.82) is 0 Å². The first-order valence-electron chi connectivity index (χ1n) is 4.01. The largest absolute Gasteiger partial charge is 0.478 e. The quantitative estimate of drug-likeness (QED) is 0.509. The minimum Gasteiger partial charge on any atom is -0.478 e. The number of ketones is 1. The Kier molecular flexibility index (Phi) is 4.02. The van der Waals surface area contributed by atoms with Crippen LogP contribution in [0.25, 0.3) is 6.08 Å². The molecule has 1 aromatic rings. The number of nitrogens with one attached hydrogen (secondary N) is 1. The van der Waals surface area contributed by atoms with E-state index in [-0.39, 0.29) is 5.69 Å². The number of alkyl halides is 3. The Labute approximate surface area is 106 Å². The number of hydrogen-bond donors (Lipinski definition) is 2. The lowest BCUT2D eigenvalue weighted by Crippen LogP contribution is -2.19. The third-order valence-corrected chi connectivity index (χ3v) is 2.14. The molecule has 0 radical (unpaired) electrons. The summed E-state index contributed by atoms with van der Waals surface area (Å²) in [5.74, 6) is -1.79. The van der Waals surface area contributed by atoms with Gasteiger partial charge in [-0.25, -0.2) is 4.79 Å². The van der Waals surface area contributed by atoms with Crippen molar-refractivity contribution in [2.45, 2.75) is 3.79 Å². The fraction of sp³-hybridized carbons (Fsp3) is 0.111.